The number of alkyl carbamates (subject to hydrolysis) is 1. The van der Waals surface area contributed by atoms with Gasteiger partial charge in [-0.1, -0.05) is 69.7 Å². The first kappa shape index (κ1) is 55.5. The fourth-order valence-corrected chi connectivity index (χ4v) is 9.86. The van der Waals surface area contributed by atoms with Crippen LogP contribution >= 0.6 is 0 Å². The molecule has 17 heteroatoms. The zero-order valence-corrected chi connectivity index (χ0v) is 40.8. The van der Waals surface area contributed by atoms with Crippen molar-refractivity contribution in [3.8, 4) is 0 Å². The van der Waals surface area contributed by atoms with Crippen LogP contribution in [0.3, 0.4) is 0 Å². The van der Waals surface area contributed by atoms with E-state index in [1.165, 1.54) is 20.1 Å². The molecule has 3 fully saturated rings. The molecule has 2 saturated heterocycles. The van der Waals surface area contributed by atoms with Crippen LogP contribution in [0.5, 0.6) is 0 Å². The summed E-state index contributed by atoms with van der Waals surface area (Å²) in [6.07, 6.45) is 8.70. The van der Waals surface area contributed by atoms with Gasteiger partial charge in [-0.15, -0.1) is 0 Å². The van der Waals surface area contributed by atoms with Crippen LogP contribution in [0.2, 0.25) is 0 Å². The SMILES string of the molecule is COC(=O)NC1C[C@@H]2CC[C@@H](C)[C@@](O)(O2)C(=O)C(=O)N2CCCC[C@H]2C(=O)O[C@H]([C@H](N)C[C@@H]2CC[C@H](N)[C@H](OC)C2)CC(=O)[C@H](C)/C=C(\C)[C@@H](O)[C@@H](O)C(=O)[C@H](C)C[C@H](C)/C=C/C=CC=C1C. The smallest absolute Gasteiger partial charge is 0.407 e. The van der Waals surface area contributed by atoms with Crippen molar-refractivity contribution in [2.24, 2.45) is 41.1 Å². The summed E-state index contributed by atoms with van der Waals surface area (Å²) in [4.78, 5) is 83.8. The molecule has 3 heterocycles. The highest BCUT2D eigenvalue weighted by Gasteiger charge is 2.53. The molecule has 15 atom stereocenters. The van der Waals surface area contributed by atoms with Crippen LogP contribution in [0.4, 0.5) is 4.79 Å². The van der Waals surface area contributed by atoms with Gasteiger partial charge in [-0.2, -0.15) is 0 Å². The predicted octanol–water partition coefficient (Wildman–Crippen LogP) is 3.89. The highest BCUT2D eigenvalue weighted by atomic mass is 16.6. The number of methoxy groups -OCH3 is 2. The summed E-state index contributed by atoms with van der Waals surface area (Å²) in [7, 11) is 2.83. The molecule has 0 spiro atoms. The monoisotopic (exact) mass is 943 g/mol. The Kier molecular flexibility index (Phi) is 21.1. The lowest BCUT2D eigenvalue weighted by atomic mass is 9.79. The number of carbonyl (C=O) groups excluding carboxylic acids is 6. The number of ketones is 3. The molecule has 8 N–H and O–H groups in total. The van der Waals surface area contributed by atoms with Crippen molar-refractivity contribution < 1.29 is 63.0 Å². The predicted molar refractivity (Wildman–Crippen MR) is 250 cm³/mol. The number of nitrogens with one attached hydrogen (secondary N) is 1. The van der Waals surface area contributed by atoms with Gasteiger partial charge >= 0.3 is 12.1 Å². The third kappa shape index (κ3) is 14.9. The van der Waals surface area contributed by atoms with Gasteiger partial charge in [0.15, 0.2) is 5.78 Å². The van der Waals surface area contributed by atoms with Gasteiger partial charge in [0.2, 0.25) is 5.79 Å². The number of hydrogen-bond donors (Lipinski definition) is 6. The summed E-state index contributed by atoms with van der Waals surface area (Å²) in [6, 6.07) is -2.89. The van der Waals surface area contributed by atoms with Crippen LogP contribution < -0.4 is 16.8 Å². The van der Waals surface area contributed by atoms with E-state index in [2.05, 4.69) is 5.32 Å². The minimum absolute atomic E-state index is 0.0158. The standard InChI is InChI=1S/C50H78N4O13/c1-28-14-10-9-11-15-29(2)38(53-49(62)65-8)26-35-19-17-33(6)50(63,67-35)46(59)47(60)54-21-13-12-16-39(54)48(61)66-42(37(52)24-34-18-20-36(51)41(25-34)64-7)27-40(55)30(3)23-32(5)44(57)45(58)43(56)31(4)22-28/h9-11,14-15,23,28,30-31,33-39,41-42,44-45,57-58,63H,12-13,16-22,24-27,51-52H2,1-8H3,(H,53,62)/b11-9?,14-10+,29-15?,32-23+/t28-,30-,31-,33-,34+,35+,36+,37-,38?,39+,41-,42+,44-,45+,50-/m1/s1. The highest BCUT2D eigenvalue weighted by molar-refractivity contribution is 6.39. The second-order valence-electron chi connectivity index (χ2n) is 19.6. The van der Waals surface area contributed by atoms with Crippen molar-refractivity contribution in [2.75, 3.05) is 20.8 Å². The Morgan fingerprint density at radius 1 is 0.925 bits per heavy atom. The number of rotatable bonds is 5. The maximum absolute atomic E-state index is 14.3. The molecule has 2 bridgehead atoms. The molecule has 17 nitrogen and oxygen atoms in total. The number of carbonyl (C=O) groups is 6. The largest absolute Gasteiger partial charge is 0.459 e. The van der Waals surface area contributed by atoms with Gasteiger partial charge in [0.1, 0.15) is 30.1 Å². The van der Waals surface area contributed by atoms with Crippen LogP contribution in [-0.4, -0.2) is 137 Å². The topological polar surface area (TPSA) is 267 Å². The number of nitrogens with zero attached hydrogens (tertiary/aromatic N) is 1. The minimum Gasteiger partial charge on any atom is -0.459 e. The Bertz CT molecular complexity index is 1870. The zero-order chi connectivity index (χ0) is 49.7. The summed E-state index contributed by atoms with van der Waals surface area (Å²) in [5.41, 5.74) is 14.0. The maximum Gasteiger partial charge on any atom is 0.407 e. The van der Waals surface area contributed by atoms with Crippen LogP contribution in [0.25, 0.3) is 0 Å². The lowest BCUT2D eigenvalue weighted by Gasteiger charge is -2.43. The number of Topliss-reactive ketones (excluding diaryl/α,β-unsaturated/α-hetero) is 3. The van der Waals surface area contributed by atoms with Gasteiger partial charge in [0, 0.05) is 49.9 Å². The molecule has 4 rings (SSSR count). The molecule has 0 radical (unpaired) electrons. The van der Waals surface area contributed by atoms with Gasteiger partial charge in [0.25, 0.3) is 11.7 Å². The van der Waals surface area contributed by atoms with E-state index in [1.54, 1.807) is 53.0 Å². The average molecular weight is 943 g/mol. The summed E-state index contributed by atoms with van der Waals surface area (Å²) in [6.45, 7) is 10.1. The van der Waals surface area contributed by atoms with Gasteiger partial charge in [-0.25, -0.2) is 9.59 Å². The van der Waals surface area contributed by atoms with Crippen molar-refractivity contribution in [3.63, 3.8) is 0 Å². The average Bonchev–Trinajstić information content (AvgIpc) is 3.30. The lowest BCUT2D eigenvalue weighted by molar-refractivity contribution is -0.264. The fourth-order valence-electron chi connectivity index (χ4n) is 9.86. The van der Waals surface area contributed by atoms with E-state index in [1.807, 2.05) is 19.1 Å². The normalized spacial score (nSPS) is 38.1. The number of ether oxygens (including phenoxy) is 4. The molecule has 4 aliphatic rings. The van der Waals surface area contributed by atoms with E-state index in [0.717, 1.165) is 11.3 Å². The molecular formula is C50H78N4O13. The van der Waals surface area contributed by atoms with Crippen molar-refractivity contribution in [2.45, 2.75) is 179 Å². The van der Waals surface area contributed by atoms with E-state index < -0.39 is 101 Å². The van der Waals surface area contributed by atoms with Crippen molar-refractivity contribution in [3.05, 3.63) is 47.6 Å². The van der Waals surface area contributed by atoms with Gasteiger partial charge in [-0.3, -0.25) is 19.2 Å². The summed E-state index contributed by atoms with van der Waals surface area (Å²) < 4.78 is 22.8. The van der Waals surface area contributed by atoms with Crippen LogP contribution in [-0.2, 0) is 42.9 Å². The van der Waals surface area contributed by atoms with E-state index in [-0.39, 0.29) is 55.4 Å². The minimum atomic E-state index is -2.55. The Balaban J connectivity index is 1.71. The lowest BCUT2D eigenvalue weighted by Crippen LogP contribution is -2.61. The Morgan fingerprint density at radius 3 is 2.33 bits per heavy atom. The second kappa shape index (κ2) is 25.5. The summed E-state index contributed by atoms with van der Waals surface area (Å²) >= 11 is 0. The number of fused-ring (bicyclic) bond motifs is 3. The number of allylic oxidation sites excluding steroid dienone is 6. The molecule has 376 valence electrons. The number of piperidine rings is 1. The van der Waals surface area contributed by atoms with Crippen molar-refractivity contribution in [1.82, 2.24) is 10.2 Å². The third-order valence-corrected chi connectivity index (χ3v) is 14.3. The van der Waals surface area contributed by atoms with Gasteiger partial charge < -0.3 is 56.0 Å². The number of cyclic esters (lactones) is 1. The quantitative estimate of drug-likeness (QED) is 0.130. The summed E-state index contributed by atoms with van der Waals surface area (Å²) in [5, 5.41) is 36.9. The van der Waals surface area contributed by atoms with E-state index in [0.29, 0.717) is 56.9 Å². The number of aliphatic hydroxyl groups is 3. The van der Waals surface area contributed by atoms with E-state index in [9.17, 15) is 44.1 Å². The molecule has 1 saturated carbocycles. The molecule has 67 heavy (non-hydrogen) atoms. The molecule has 1 unspecified atom stereocenters. The number of nitrogens with two attached hydrogens (primary N) is 2. The maximum atomic E-state index is 14.3. The Hall–Kier alpha value is -4.10. The molecule has 0 aromatic rings. The molecule has 2 amide bonds. The fraction of sp³-hybridized carbons (Fsp3) is 0.720. The van der Waals surface area contributed by atoms with Crippen LogP contribution in [0.1, 0.15) is 119 Å². The highest BCUT2D eigenvalue weighted by Crippen LogP contribution is 2.37. The molecular weight excluding hydrogens is 865 g/mol. The summed E-state index contributed by atoms with van der Waals surface area (Å²) in [5.74, 6) is -9.03. The third-order valence-electron chi connectivity index (χ3n) is 14.3. The molecule has 3 aliphatic heterocycles. The first-order valence-electron chi connectivity index (χ1n) is 24.1. The number of esters is 1. The molecule has 0 aromatic carbocycles. The number of aliphatic hydroxyl groups excluding tert-OH is 2. The van der Waals surface area contributed by atoms with E-state index >= 15 is 0 Å². The van der Waals surface area contributed by atoms with E-state index in [4.69, 9.17) is 30.4 Å². The number of hydrogen-bond acceptors (Lipinski definition) is 15. The first-order valence-corrected chi connectivity index (χ1v) is 24.1. The molecule has 1 aliphatic carbocycles. The first-order chi connectivity index (χ1) is 31.6. The van der Waals surface area contributed by atoms with Gasteiger partial charge in [0.05, 0.1) is 25.4 Å². The van der Waals surface area contributed by atoms with Crippen LogP contribution in [0.15, 0.2) is 47.6 Å². The molecule has 0 aromatic heterocycles. The Morgan fingerprint density at radius 2 is 1.64 bits per heavy atom. The second-order valence-corrected chi connectivity index (χ2v) is 19.6. The van der Waals surface area contributed by atoms with Gasteiger partial charge in [-0.05, 0) is 102 Å². The van der Waals surface area contributed by atoms with Crippen LogP contribution in [0, 0.1) is 29.6 Å². The number of amides is 2. The zero-order valence-electron chi connectivity index (χ0n) is 40.8. The van der Waals surface area contributed by atoms with Crippen molar-refractivity contribution >= 4 is 35.3 Å². The van der Waals surface area contributed by atoms with Crippen molar-refractivity contribution in [1.29, 1.82) is 0 Å². The Labute approximate surface area is 396 Å².